The van der Waals surface area contributed by atoms with Crippen molar-refractivity contribution in [2.45, 2.75) is 139 Å². The third kappa shape index (κ3) is 11.9. The van der Waals surface area contributed by atoms with Gasteiger partial charge in [-0.15, -0.1) is 0 Å². The number of hydrogen-bond acceptors (Lipinski definition) is 13. The van der Waals surface area contributed by atoms with Crippen LogP contribution in [0.2, 0.25) is 0 Å². The van der Waals surface area contributed by atoms with E-state index >= 15 is 0 Å². The van der Waals surface area contributed by atoms with E-state index in [4.69, 9.17) is 9.47 Å². The largest absolute Gasteiger partial charge is 0.496 e. The Morgan fingerprint density at radius 2 is 1.67 bits per heavy atom. The number of benzene rings is 4. The molecule has 5 fully saturated rings. The van der Waals surface area contributed by atoms with Crippen molar-refractivity contribution in [1.29, 1.82) is 0 Å². The van der Waals surface area contributed by atoms with Gasteiger partial charge in [0.15, 0.2) is 0 Å². The standard InChI is InChI=1S/C62H76N8O8S/c1-41(2)50-11-7-8-12-52(50)56-40-67(39-43-13-16-51(57(31-43)77-4)44-9-5-6-10-44)29-30-69(56)47-35-62(36-47)24-27-68(28-25-62)46-14-17-53(58(33-46)78-48-32-45-21-26-63-59(45)65-38-48)60(71)66-79(75,76)49-15-18-54(55(34-49)70(73)74)64-37-42-19-22-61(3,72)23-20-42/h7-8,11-18,21,26,31-34,38,41-42,44,47,56,64,72H,5-6,9-10,19-20,22-25,27-30,35-37,39-40H2,1-4H3,(H,63,65)(H,66,71)/t42-,56-,61-/m0/s1. The number of H-pyrrole nitrogens is 1. The van der Waals surface area contributed by atoms with Crippen molar-refractivity contribution in [3.63, 3.8) is 0 Å². The number of anilines is 2. The van der Waals surface area contributed by atoms with Crippen molar-refractivity contribution in [3.05, 3.63) is 141 Å². The Labute approximate surface area is 464 Å². The quantitative estimate of drug-likeness (QED) is 0.0498. The number of aliphatic hydroxyl groups is 1. The van der Waals surface area contributed by atoms with Gasteiger partial charge in [-0.05, 0) is 159 Å². The summed E-state index contributed by atoms with van der Waals surface area (Å²) < 4.78 is 42.4. The van der Waals surface area contributed by atoms with Gasteiger partial charge in [-0.1, -0.05) is 63.1 Å². The number of carbonyl (C=O) groups excluding carboxylic acids is 1. The molecule has 1 amide bonds. The predicted molar refractivity (Wildman–Crippen MR) is 308 cm³/mol. The van der Waals surface area contributed by atoms with Gasteiger partial charge in [-0.3, -0.25) is 24.7 Å². The number of amides is 1. The van der Waals surface area contributed by atoms with Gasteiger partial charge in [0, 0.05) is 87.3 Å². The zero-order chi connectivity index (χ0) is 55.1. The van der Waals surface area contributed by atoms with Gasteiger partial charge < -0.3 is 29.8 Å². The molecule has 3 saturated carbocycles. The van der Waals surface area contributed by atoms with E-state index in [0.29, 0.717) is 48.7 Å². The summed E-state index contributed by atoms with van der Waals surface area (Å²) in [5.41, 5.74) is 6.28. The fraction of sp³-hybridized carbons (Fsp3) is 0.484. The molecule has 0 bridgehead atoms. The second-order valence-electron chi connectivity index (χ2n) is 23.9. The molecule has 4 heterocycles. The number of aromatic nitrogens is 2. The van der Waals surface area contributed by atoms with Gasteiger partial charge in [-0.25, -0.2) is 18.1 Å². The third-order valence-electron chi connectivity index (χ3n) is 18.3. The number of aromatic amines is 1. The van der Waals surface area contributed by atoms with Crippen LogP contribution in [0.5, 0.6) is 17.2 Å². The number of methoxy groups -OCH3 is 1. The van der Waals surface area contributed by atoms with E-state index in [2.05, 4.69) is 91.0 Å². The molecule has 418 valence electrons. The fourth-order valence-electron chi connectivity index (χ4n) is 13.6. The summed E-state index contributed by atoms with van der Waals surface area (Å²) in [5.74, 6) is 1.81. The minimum absolute atomic E-state index is 0.0262. The Kier molecular flexibility index (Phi) is 15.5. The van der Waals surface area contributed by atoms with Crippen LogP contribution in [0.1, 0.15) is 148 Å². The number of piperazine rings is 1. The zero-order valence-corrected chi connectivity index (χ0v) is 46.9. The van der Waals surface area contributed by atoms with Crippen molar-refractivity contribution in [2.75, 3.05) is 56.6 Å². The van der Waals surface area contributed by atoms with Gasteiger partial charge in [0.05, 0.1) is 34.3 Å². The highest BCUT2D eigenvalue weighted by atomic mass is 32.2. The number of sulfonamides is 1. The highest BCUT2D eigenvalue weighted by molar-refractivity contribution is 7.90. The molecule has 4 aromatic carbocycles. The van der Waals surface area contributed by atoms with Crippen molar-refractivity contribution in [2.24, 2.45) is 11.3 Å². The molecule has 6 aromatic rings. The van der Waals surface area contributed by atoms with Gasteiger partial charge in [0.25, 0.3) is 21.6 Å². The smallest absolute Gasteiger partial charge is 0.293 e. The summed E-state index contributed by atoms with van der Waals surface area (Å²) >= 11 is 0. The van der Waals surface area contributed by atoms with Gasteiger partial charge in [0.1, 0.15) is 28.6 Å². The molecule has 4 N–H and O–H groups in total. The molecule has 16 nitrogen and oxygen atoms in total. The lowest BCUT2D eigenvalue weighted by Gasteiger charge is -2.58. The number of rotatable bonds is 17. The topological polar surface area (TPSA) is 195 Å². The van der Waals surface area contributed by atoms with E-state index in [1.165, 1.54) is 60.1 Å². The molecule has 17 heteroatoms. The summed E-state index contributed by atoms with van der Waals surface area (Å²) in [4.78, 5) is 40.7. The maximum absolute atomic E-state index is 14.2. The van der Waals surface area contributed by atoms with Crippen LogP contribution in [0.3, 0.4) is 0 Å². The summed E-state index contributed by atoms with van der Waals surface area (Å²) in [7, 11) is -2.78. The molecule has 2 saturated heterocycles. The first-order valence-electron chi connectivity index (χ1n) is 28.6. The van der Waals surface area contributed by atoms with Crippen molar-refractivity contribution in [1.82, 2.24) is 24.5 Å². The molecule has 5 aliphatic rings. The molecule has 1 spiro atoms. The van der Waals surface area contributed by atoms with Crippen molar-refractivity contribution >= 4 is 44.0 Å². The molecular weight excluding hydrogens is 1020 g/mol. The molecule has 11 rings (SSSR count). The minimum Gasteiger partial charge on any atom is -0.496 e. The van der Waals surface area contributed by atoms with Gasteiger partial charge in [0.2, 0.25) is 0 Å². The number of nitro groups is 1. The van der Waals surface area contributed by atoms with E-state index in [-0.39, 0.29) is 34.4 Å². The highest BCUT2D eigenvalue weighted by Gasteiger charge is 2.50. The number of nitro benzene ring substituents is 1. The van der Waals surface area contributed by atoms with Crippen LogP contribution in [-0.4, -0.2) is 102 Å². The lowest BCUT2D eigenvalue weighted by atomic mass is 9.59. The number of piperidine rings is 1. The molecule has 79 heavy (non-hydrogen) atoms. The SMILES string of the molecule is COc1cc(CN2CCN(C3CC4(CCN(c5ccc(C(=O)NS(=O)(=O)c6ccc(NC[C@H]7CC[C@](C)(O)CC7)c([N+](=O)[O-])c6)c(Oc6cnc7[nH]ccc7c6)c5)CC4)C3)[C@H](c3ccccc3C(C)C)C2)ccc1C1CCCC1. The maximum atomic E-state index is 14.2. The van der Waals surface area contributed by atoms with Crippen LogP contribution < -0.4 is 24.4 Å². The van der Waals surface area contributed by atoms with Crippen LogP contribution in [-0.2, 0) is 16.6 Å². The summed E-state index contributed by atoms with van der Waals surface area (Å²) in [6.45, 7) is 12.4. The molecule has 1 atom stereocenters. The minimum atomic E-state index is -4.59. The number of hydrogen-bond donors (Lipinski definition) is 4. The number of fused-ring (bicyclic) bond motifs is 1. The van der Waals surface area contributed by atoms with Gasteiger partial charge >= 0.3 is 0 Å². The van der Waals surface area contributed by atoms with E-state index in [0.717, 1.165) is 101 Å². The Hall–Kier alpha value is -6.53. The van der Waals surface area contributed by atoms with Gasteiger partial charge in [-0.2, -0.15) is 0 Å². The first kappa shape index (κ1) is 54.4. The number of nitrogens with zero attached hydrogens (tertiary/aromatic N) is 5. The molecular formula is C62H76N8O8S. The van der Waals surface area contributed by atoms with E-state index in [9.17, 15) is 28.4 Å². The Balaban J connectivity index is 0.773. The van der Waals surface area contributed by atoms with E-state index < -0.39 is 37.0 Å². The number of carbonyl (C=O) groups is 1. The number of nitrogens with one attached hydrogen (secondary N) is 3. The van der Waals surface area contributed by atoms with Crippen LogP contribution in [0.15, 0.2) is 108 Å². The summed E-state index contributed by atoms with van der Waals surface area (Å²) in [6.07, 6.45) is 15.5. The second kappa shape index (κ2) is 22.5. The normalized spacial score (nSPS) is 22.3. The third-order valence-corrected chi connectivity index (χ3v) is 19.6. The first-order valence-corrected chi connectivity index (χ1v) is 30.1. The predicted octanol–water partition coefficient (Wildman–Crippen LogP) is 11.8. The van der Waals surface area contributed by atoms with Crippen molar-refractivity contribution < 1.29 is 32.7 Å². The monoisotopic (exact) mass is 1090 g/mol. The lowest BCUT2D eigenvalue weighted by Crippen LogP contribution is -2.60. The van der Waals surface area contributed by atoms with Crippen LogP contribution >= 0.6 is 0 Å². The van der Waals surface area contributed by atoms with Crippen LogP contribution in [0.25, 0.3) is 11.0 Å². The van der Waals surface area contributed by atoms with Crippen LogP contribution in [0, 0.1) is 21.4 Å². The lowest BCUT2D eigenvalue weighted by molar-refractivity contribution is -0.384. The maximum Gasteiger partial charge on any atom is 0.293 e. The Morgan fingerprint density at radius 1 is 0.899 bits per heavy atom. The Morgan fingerprint density at radius 3 is 2.42 bits per heavy atom. The number of ether oxygens (including phenoxy) is 2. The highest BCUT2D eigenvalue weighted by Crippen LogP contribution is 2.54. The summed E-state index contributed by atoms with van der Waals surface area (Å²) in [6, 6.07) is 29.2. The zero-order valence-electron chi connectivity index (χ0n) is 46.1. The molecule has 0 unspecified atom stereocenters. The number of pyridine rings is 1. The molecule has 3 aliphatic carbocycles. The van der Waals surface area contributed by atoms with E-state index in [1.54, 1.807) is 30.6 Å². The molecule has 2 aromatic heterocycles. The average Bonchev–Trinajstić information content (AvgIpc) is 4.23. The average molecular weight is 1090 g/mol. The van der Waals surface area contributed by atoms with E-state index in [1.807, 2.05) is 26.2 Å². The fourth-order valence-corrected chi connectivity index (χ4v) is 14.6. The second-order valence-corrected chi connectivity index (χ2v) is 25.6. The van der Waals surface area contributed by atoms with Crippen LogP contribution in [0.4, 0.5) is 17.1 Å². The molecule has 2 aliphatic heterocycles. The van der Waals surface area contributed by atoms with Crippen molar-refractivity contribution in [3.8, 4) is 17.2 Å². The molecule has 0 radical (unpaired) electrons. The first-order chi connectivity index (χ1) is 38.0. The summed E-state index contributed by atoms with van der Waals surface area (Å²) in [5, 5.41) is 26.6. The Bertz CT molecular complexity index is 3290.